The van der Waals surface area contributed by atoms with Crippen LogP contribution < -0.4 is 26.0 Å². The molecule has 1 aliphatic carbocycles. The van der Waals surface area contributed by atoms with Crippen LogP contribution in [0.5, 0.6) is 5.75 Å². The number of amides is 4. The molecule has 1 saturated carbocycles. The van der Waals surface area contributed by atoms with Gasteiger partial charge in [0.15, 0.2) is 17.3 Å². The van der Waals surface area contributed by atoms with E-state index in [0.717, 1.165) is 12.8 Å². The molecule has 220 valence electrons. The van der Waals surface area contributed by atoms with Crippen LogP contribution in [0.1, 0.15) is 39.9 Å². The van der Waals surface area contributed by atoms with Crippen LogP contribution in [0.25, 0.3) is 10.6 Å². The van der Waals surface area contributed by atoms with Gasteiger partial charge in [0.2, 0.25) is 11.8 Å². The van der Waals surface area contributed by atoms with Crippen LogP contribution in [0.2, 0.25) is 0 Å². The number of benzene rings is 1. The quantitative estimate of drug-likeness (QED) is 0.223. The SMILES string of the molecule is BC(B)(B)NC(=O)c1nnc(NC(=O)C2CC2)cc1Nc1cccc(-c2ncc(C(=O)N3CCNC(=O)C3C)s2)c1OC. The maximum absolute atomic E-state index is 13.2. The summed E-state index contributed by atoms with van der Waals surface area (Å²) in [4.78, 5) is 57.3. The molecule has 2 fully saturated rings. The summed E-state index contributed by atoms with van der Waals surface area (Å²) < 4.78 is 5.79. The van der Waals surface area contributed by atoms with Gasteiger partial charge >= 0.3 is 0 Å². The smallest absolute Gasteiger partial charge is 0.272 e. The van der Waals surface area contributed by atoms with Crippen LogP contribution in [0, 0.1) is 5.92 Å². The van der Waals surface area contributed by atoms with Gasteiger partial charge in [-0.05, 0) is 37.1 Å². The number of aromatic nitrogens is 3. The van der Waals surface area contributed by atoms with Gasteiger partial charge in [0.05, 0.1) is 30.2 Å². The highest BCUT2D eigenvalue weighted by Gasteiger charge is 2.32. The first-order valence-electron chi connectivity index (χ1n) is 13.9. The highest BCUT2D eigenvalue weighted by molar-refractivity contribution is 7.17. The lowest BCUT2D eigenvalue weighted by atomic mass is 9.49. The Morgan fingerprint density at radius 1 is 1.16 bits per heavy atom. The molecule has 1 saturated heterocycles. The summed E-state index contributed by atoms with van der Waals surface area (Å²) in [6.07, 6.45) is 3.16. The molecule has 1 unspecified atom stereocenters. The minimum atomic E-state index is -0.577. The minimum absolute atomic E-state index is 0.0358. The Labute approximate surface area is 255 Å². The first-order chi connectivity index (χ1) is 20.4. The Morgan fingerprint density at radius 2 is 1.93 bits per heavy atom. The molecule has 0 bridgehead atoms. The minimum Gasteiger partial charge on any atom is -0.494 e. The van der Waals surface area contributed by atoms with Crippen molar-refractivity contribution in [2.75, 3.05) is 30.8 Å². The number of hydrogen-bond acceptors (Lipinski definition) is 10. The monoisotopic (exact) mass is 600 g/mol. The van der Waals surface area contributed by atoms with E-state index in [1.54, 1.807) is 25.1 Å². The van der Waals surface area contributed by atoms with E-state index >= 15 is 0 Å². The fourth-order valence-corrected chi connectivity index (χ4v) is 5.45. The number of hydrogen-bond donors (Lipinski definition) is 4. The van der Waals surface area contributed by atoms with Gasteiger partial charge in [-0.25, -0.2) is 4.98 Å². The van der Waals surface area contributed by atoms with Crippen LogP contribution in [-0.2, 0) is 9.59 Å². The second-order valence-electron chi connectivity index (χ2n) is 11.5. The average molecular weight is 600 g/mol. The van der Waals surface area contributed by atoms with Crippen LogP contribution in [-0.4, -0.2) is 98.7 Å². The highest BCUT2D eigenvalue weighted by Crippen LogP contribution is 2.40. The van der Waals surface area contributed by atoms with Crippen molar-refractivity contribution >= 4 is 75.7 Å². The Morgan fingerprint density at radius 3 is 2.63 bits per heavy atom. The van der Waals surface area contributed by atoms with Gasteiger partial charge in [-0.15, -0.1) is 21.5 Å². The number of thiazole rings is 1. The summed E-state index contributed by atoms with van der Waals surface area (Å²) in [5.74, 6) is -0.445. The summed E-state index contributed by atoms with van der Waals surface area (Å²) in [6.45, 7) is 2.50. The van der Waals surface area contributed by atoms with E-state index in [4.69, 9.17) is 4.74 Å². The number of para-hydroxylation sites is 1. The lowest BCUT2D eigenvalue weighted by Crippen LogP contribution is -2.55. The molecule has 2 aliphatic rings. The number of piperazine rings is 1. The van der Waals surface area contributed by atoms with Gasteiger partial charge in [-0.1, -0.05) is 6.07 Å². The molecule has 4 N–H and O–H groups in total. The summed E-state index contributed by atoms with van der Waals surface area (Å²) in [7, 11) is 7.08. The maximum atomic E-state index is 13.2. The fourth-order valence-electron chi connectivity index (χ4n) is 4.56. The molecule has 17 heteroatoms. The predicted molar refractivity (Wildman–Crippen MR) is 170 cm³/mol. The zero-order chi connectivity index (χ0) is 30.9. The number of carbonyl (C=O) groups is 4. The van der Waals surface area contributed by atoms with Gasteiger partial charge in [0, 0.05) is 25.1 Å². The van der Waals surface area contributed by atoms with E-state index in [-0.39, 0.29) is 35.2 Å². The Balaban J connectivity index is 1.46. The zero-order valence-corrected chi connectivity index (χ0v) is 25.4. The molecule has 0 radical (unpaired) electrons. The molecule has 0 spiro atoms. The molecule has 5 rings (SSSR count). The summed E-state index contributed by atoms with van der Waals surface area (Å²) in [6, 6.07) is 6.36. The lowest BCUT2D eigenvalue weighted by molar-refractivity contribution is -0.127. The van der Waals surface area contributed by atoms with Crippen LogP contribution in [0.4, 0.5) is 17.2 Å². The van der Waals surface area contributed by atoms with Gasteiger partial charge in [0.1, 0.15) is 39.5 Å². The molecular weight excluding hydrogens is 569 g/mol. The molecule has 3 aromatic rings. The number of methoxy groups -OCH3 is 1. The van der Waals surface area contributed by atoms with Crippen molar-refractivity contribution in [3.05, 3.63) is 41.0 Å². The molecule has 1 aliphatic heterocycles. The van der Waals surface area contributed by atoms with Crippen molar-refractivity contribution in [3.8, 4) is 16.3 Å². The molecule has 13 nitrogen and oxygen atoms in total. The van der Waals surface area contributed by atoms with Crippen molar-refractivity contribution in [2.24, 2.45) is 5.92 Å². The van der Waals surface area contributed by atoms with Crippen molar-refractivity contribution in [1.82, 2.24) is 30.7 Å². The van der Waals surface area contributed by atoms with Crippen LogP contribution >= 0.6 is 11.3 Å². The van der Waals surface area contributed by atoms with E-state index in [2.05, 4.69) is 36.4 Å². The zero-order valence-electron chi connectivity index (χ0n) is 24.6. The number of rotatable bonds is 9. The summed E-state index contributed by atoms with van der Waals surface area (Å²) in [5.41, 5.74) is 1.46. The second kappa shape index (κ2) is 12.1. The molecule has 2 aromatic heterocycles. The number of nitrogens with zero attached hydrogens (tertiary/aromatic N) is 4. The van der Waals surface area contributed by atoms with Crippen molar-refractivity contribution in [1.29, 1.82) is 0 Å². The predicted octanol–water partition coefficient (Wildman–Crippen LogP) is -1.10. The normalized spacial score (nSPS) is 16.7. The Hall–Kier alpha value is -4.40. The second-order valence-corrected chi connectivity index (χ2v) is 12.5. The van der Waals surface area contributed by atoms with Crippen molar-refractivity contribution in [2.45, 2.75) is 31.0 Å². The molecule has 4 amide bonds. The topological polar surface area (TPSA) is 168 Å². The largest absolute Gasteiger partial charge is 0.494 e. The number of ether oxygens (including phenoxy) is 1. The third kappa shape index (κ3) is 6.82. The van der Waals surface area contributed by atoms with E-state index < -0.39 is 17.2 Å². The molecule has 1 aromatic carbocycles. The third-order valence-corrected chi connectivity index (χ3v) is 7.91. The van der Waals surface area contributed by atoms with Gasteiger partial charge in [-0.3, -0.25) is 19.2 Å². The molecule has 1 atom stereocenters. The van der Waals surface area contributed by atoms with E-state index in [9.17, 15) is 19.2 Å². The first kappa shape index (κ1) is 30.1. The van der Waals surface area contributed by atoms with Crippen molar-refractivity contribution in [3.63, 3.8) is 0 Å². The standard InChI is InChI=1S/C26H31B3N8O5S/c1-12-21(38)30-8-9-37(12)25(41)17-11-31-24(43-17)14-4-3-5-15(20(14)42-2)32-16-10-18(33-22(39)13-6-7-13)35-36-19(16)23(40)34-26(27,28)29/h3-5,10-13H,6-9,27-29H2,1-2H3,(H,30,38)(H,34,40)(H2,32,33,35,39). The summed E-state index contributed by atoms with van der Waals surface area (Å²) >= 11 is 1.19. The van der Waals surface area contributed by atoms with Crippen LogP contribution in [0.15, 0.2) is 30.5 Å². The summed E-state index contributed by atoms with van der Waals surface area (Å²) in [5, 5.41) is 19.9. The number of nitrogens with one attached hydrogen (secondary N) is 4. The Bertz CT molecular complexity index is 1590. The molecular formula is C26H31B3N8O5S. The van der Waals surface area contributed by atoms with Gasteiger partial charge in [-0.2, -0.15) is 0 Å². The Kier molecular flexibility index (Phi) is 8.44. The first-order valence-corrected chi connectivity index (χ1v) is 14.8. The van der Waals surface area contributed by atoms with E-state index in [0.29, 0.717) is 45.7 Å². The average Bonchev–Trinajstić information content (AvgIpc) is 3.70. The molecule has 43 heavy (non-hydrogen) atoms. The highest BCUT2D eigenvalue weighted by atomic mass is 32.1. The van der Waals surface area contributed by atoms with Gasteiger partial charge in [0.25, 0.3) is 11.8 Å². The lowest BCUT2D eigenvalue weighted by Gasteiger charge is -2.32. The number of anilines is 3. The van der Waals surface area contributed by atoms with E-state index in [1.807, 2.05) is 29.6 Å². The van der Waals surface area contributed by atoms with Crippen molar-refractivity contribution < 1.29 is 23.9 Å². The maximum Gasteiger partial charge on any atom is 0.272 e. The fraction of sp³-hybridized carbons (Fsp3) is 0.346. The number of carbonyl (C=O) groups excluding carboxylic acids is 4. The molecule has 3 heterocycles. The van der Waals surface area contributed by atoms with Crippen LogP contribution in [0.3, 0.4) is 0 Å². The van der Waals surface area contributed by atoms with Gasteiger partial charge < -0.3 is 30.9 Å². The van der Waals surface area contributed by atoms with E-state index in [1.165, 1.54) is 29.5 Å². The third-order valence-electron chi connectivity index (χ3n) is 6.89.